The summed E-state index contributed by atoms with van der Waals surface area (Å²) in [5.74, 6) is 1.86. The quantitative estimate of drug-likeness (QED) is 0.623. The molecular formula is C8H16O2S. The van der Waals surface area contributed by atoms with E-state index in [1.54, 1.807) is 11.8 Å². The van der Waals surface area contributed by atoms with Gasteiger partial charge in [0.1, 0.15) is 6.10 Å². The molecule has 1 unspecified atom stereocenters. The number of carbonyl (C=O) groups is 1. The molecular weight excluding hydrogens is 160 g/mol. The summed E-state index contributed by atoms with van der Waals surface area (Å²) in [4.78, 5) is 11.0. The Morgan fingerprint density at radius 3 is 2.64 bits per heavy atom. The topological polar surface area (TPSA) is 37.3 Å². The SMILES string of the molecule is CCSCCC(=O)C(O)CC. The summed E-state index contributed by atoms with van der Waals surface area (Å²) < 4.78 is 0. The van der Waals surface area contributed by atoms with Crippen LogP contribution in [0.4, 0.5) is 0 Å². The van der Waals surface area contributed by atoms with Crippen molar-refractivity contribution in [3.63, 3.8) is 0 Å². The van der Waals surface area contributed by atoms with E-state index >= 15 is 0 Å². The summed E-state index contributed by atoms with van der Waals surface area (Å²) in [6.45, 7) is 3.88. The van der Waals surface area contributed by atoms with Gasteiger partial charge < -0.3 is 5.11 Å². The summed E-state index contributed by atoms with van der Waals surface area (Å²) >= 11 is 1.73. The second kappa shape index (κ2) is 6.68. The fourth-order valence-corrected chi connectivity index (χ4v) is 1.35. The lowest BCUT2D eigenvalue weighted by molar-refractivity contribution is -0.126. The standard InChI is InChI=1S/C8H16O2S/c1-3-7(9)8(10)5-6-11-4-2/h7,9H,3-6H2,1-2H3. The molecule has 0 aliphatic rings. The van der Waals surface area contributed by atoms with Gasteiger partial charge in [-0.1, -0.05) is 13.8 Å². The first-order valence-corrected chi connectivity index (χ1v) is 5.16. The highest BCUT2D eigenvalue weighted by Crippen LogP contribution is 2.04. The van der Waals surface area contributed by atoms with Crippen LogP contribution in [0.2, 0.25) is 0 Å². The molecule has 1 N–H and O–H groups in total. The van der Waals surface area contributed by atoms with E-state index in [-0.39, 0.29) is 5.78 Å². The molecule has 0 aromatic rings. The van der Waals surface area contributed by atoms with Crippen LogP contribution in [0, 0.1) is 0 Å². The average Bonchev–Trinajstić information content (AvgIpc) is 2.03. The van der Waals surface area contributed by atoms with Gasteiger partial charge >= 0.3 is 0 Å². The van der Waals surface area contributed by atoms with Crippen LogP contribution in [0.15, 0.2) is 0 Å². The Hall–Kier alpha value is -0.0200. The van der Waals surface area contributed by atoms with Gasteiger partial charge in [0, 0.05) is 12.2 Å². The molecule has 66 valence electrons. The molecule has 0 saturated heterocycles. The number of aliphatic hydroxyl groups excluding tert-OH is 1. The zero-order valence-corrected chi connectivity index (χ0v) is 7.99. The van der Waals surface area contributed by atoms with Gasteiger partial charge in [-0.25, -0.2) is 0 Å². The molecule has 0 saturated carbocycles. The van der Waals surface area contributed by atoms with Gasteiger partial charge in [-0.2, -0.15) is 11.8 Å². The highest BCUT2D eigenvalue weighted by molar-refractivity contribution is 7.99. The van der Waals surface area contributed by atoms with Crippen molar-refractivity contribution in [3.05, 3.63) is 0 Å². The zero-order chi connectivity index (χ0) is 8.69. The molecule has 0 spiro atoms. The molecule has 3 heteroatoms. The molecule has 0 heterocycles. The molecule has 0 bridgehead atoms. The van der Waals surface area contributed by atoms with Crippen LogP contribution < -0.4 is 0 Å². The second-order valence-electron chi connectivity index (χ2n) is 2.34. The summed E-state index contributed by atoms with van der Waals surface area (Å²) in [5.41, 5.74) is 0. The second-order valence-corrected chi connectivity index (χ2v) is 3.73. The molecule has 0 radical (unpaired) electrons. The molecule has 0 aromatic carbocycles. The smallest absolute Gasteiger partial charge is 0.162 e. The fourth-order valence-electron chi connectivity index (χ4n) is 0.711. The Kier molecular flexibility index (Phi) is 6.66. The summed E-state index contributed by atoms with van der Waals surface area (Å²) in [5, 5.41) is 9.07. The molecule has 2 nitrogen and oxygen atoms in total. The van der Waals surface area contributed by atoms with Gasteiger partial charge in [-0.15, -0.1) is 0 Å². The number of rotatable bonds is 6. The molecule has 0 amide bonds. The maximum Gasteiger partial charge on any atom is 0.162 e. The van der Waals surface area contributed by atoms with Gasteiger partial charge in [0.2, 0.25) is 0 Å². The van der Waals surface area contributed by atoms with E-state index in [0.717, 1.165) is 11.5 Å². The Bertz CT molecular complexity index is 115. The van der Waals surface area contributed by atoms with Crippen molar-refractivity contribution in [1.29, 1.82) is 0 Å². The molecule has 1 atom stereocenters. The first-order chi connectivity index (χ1) is 5.22. The van der Waals surface area contributed by atoms with E-state index in [9.17, 15) is 4.79 Å². The molecule has 0 aliphatic carbocycles. The predicted molar refractivity (Wildman–Crippen MR) is 48.9 cm³/mol. The van der Waals surface area contributed by atoms with Gasteiger partial charge in [-0.05, 0) is 12.2 Å². The number of ketones is 1. The summed E-state index contributed by atoms with van der Waals surface area (Å²) in [6, 6.07) is 0. The van der Waals surface area contributed by atoms with E-state index in [4.69, 9.17) is 5.11 Å². The Labute approximate surface area is 72.4 Å². The fraction of sp³-hybridized carbons (Fsp3) is 0.875. The number of Topliss-reactive ketones (excluding diaryl/α,β-unsaturated/α-hetero) is 1. The van der Waals surface area contributed by atoms with E-state index in [1.807, 2.05) is 6.92 Å². The number of hydrogen-bond donors (Lipinski definition) is 1. The molecule has 0 fully saturated rings. The predicted octanol–water partition coefficient (Wildman–Crippen LogP) is 1.47. The van der Waals surface area contributed by atoms with Crippen LogP contribution >= 0.6 is 11.8 Å². The van der Waals surface area contributed by atoms with Crippen LogP contribution in [0.25, 0.3) is 0 Å². The van der Waals surface area contributed by atoms with E-state index in [1.165, 1.54) is 0 Å². The van der Waals surface area contributed by atoms with Crippen LogP contribution in [-0.2, 0) is 4.79 Å². The van der Waals surface area contributed by atoms with Crippen molar-refractivity contribution in [2.75, 3.05) is 11.5 Å². The van der Waals surface area contributed by atoms with E-state index < -0.39 is 6.10 Å². The summed E-state index contributed by atoms with van der Waals surface area (Å²) in [7, 11) is 0. The largest absolute Gasteiger partial charge is 0.385 e. The van der Waals surface area contributed by atoms with Crippen LogP contribution in [0.5, 0.6) is 0 Å². The van der Waals surface area contributed by atoms with Crippen molar-refractivity contribution in [2.45, 2.75) is 32.8 Å². The lowest BCUT2D eigenvalue weighted by Gasteiger charge is -2.04. The summed E-state index contributed by atoms with van der Waals surface area (Å²) in [6.07, 6.45) is 0.316. The first kappa shape index (κ1) is 11.0. The van der Waals surface area contributed by atoms with Gasteiger partial charge in [0.15, 0.2) is 5.78 Å². The molecule has 11 heavy (non-hydrogen) atoms. The lowest BCUT2D eigenvalue weighted by atomic mass is 10.1. The maximum atomic E-state index is 11.0. The number of hydrogen-bond acceptors (Lipinski definition) is 3. The average molecular weight is 176 g/mol. The van der Waals surface area contributed by atoms with Gasteiger partial charge in [0.25, 0.3) is 0 Å². The Morgan fingerprint density at radius 2 is 2.18 bits per heavy atom. The maximum absolute atomic E-state index is 11.0. The third-order valence-electron chi connectivity index (χ3n) is 1.46. The van der Waals surface area contributed by atoms with Gasteiger partial charge in [0.05, 0.1) is 0 Å². The van der Waals surface area contributed by atoms with Crippen molar-refractivity contribution >= 4 is 17.5 Å². The van der Waals surface area contributed by atoms with E-state index in [0.29, 0.717) is 12.8 Å². The molecule has 0 aliphatic heterocycles. The van der Waals surface area contributed by atoms with Crippen LogP contribution in [-0.4, -0.2) is 28.5 Å². The monoisotopic (exact) mass is 176 g/mol. The third kappa shape index (κ3) is 5.27. The van der Waals surface area contributed by atoms with Crippen molar-refractivity contribution < 1.29 is 9.90 Å². The molecule has 0 rings (SSSR count). The van der Waals surface area contributed by atoms with Crippen LogP contribution in [0.1, 0.15) is 26.7 Å². The van der Waals surface area contributed by atoms with Crippen molar-refractivity contribution in [1.82, 2.24) is 0 Å². The Balaban J connectivity index is 3.36. The third-order valence-corrected chi connectivity index (χ3v) is 2.36. The Morgan fingerprint density at radius 1 is 1.55 bits per heavy atom. The zero-order valence-electron chi connectivity index (χ0n) is 7.17. The van der Waals surface area contributed by atoms with Crippen molar-refractivity contribution in [2.24, 2.45) is 0 Å². The number of thioether (sulfide) groups is 1. The minimum absolute atomic E-state index is 0.0200. The lowest BCUT2D eigenvalue weighted by Crippen LogP contribution is -2.19. The minimum Gasteiger partial charge on any atom is -0.385 e. The highest BCUT2D eigenvalue weighted by Gasteiger charge is 2.10. The number of carbonyl (C=O) groups excluding carboxylic acids is 1. The number of aliphatic hydroxyl groups is 1. The van der Waals surface area contributed by atoms with Crippen LogP contribution in [0.3, 0.4) is 0 Å². The van der Waals surface area contributed by atoms with Crippen molar-refractivity contribution in [3.8, 4) is 0 Å². The van der Waals surface area contributed by atoms with Gasteiger partial charge in [-0.3, -0.25) is 4.79 Å². The normalized spacial score (nSPS) is 13.0. The minimum atomic E-state index is -0.729. The highest BCUT2D eigenvalue weighted by atomic mass is 32.2. The molecule has 0 aromatic heterocycles. The van der Waals surface area contributed by atoms with E-state index in [2.05, 4.69) is 6.92 Å². The first-order valence-electron chi connectivity index (χ1n) is 4.00.